The number of halogens is 2. The van der Waals surface area contributed by atoms with Crippen LogP contribution in [0.25, 0.3) is 11.1 Å². The van der Waals surface area contributed by atoms with Gasteiger partial charge in [-0.3, -0.25) is 9.48 Å². The van der Waals surface area contributed by atoms with Gasteiger partial charge >= 0.3 is 5.97 Å². The average Bonchev–Trinajstić information content (AvgIpc) is 2.84. The van der Waals surface area contributed by atoms with E-state index in [9.17, 15) is 13.6 Å². The van der Waals surface area contributed by atoms with Crippen LogP contribution in [0, 0.1) is 0 Å². The van der Waals surface area contributed by atoms with Crippen LogP contribution < -0.4 is 4.74 Å². The first-order valence-electron chi connectivity index (χ1n) is 5.81. The van der Waals surface area contributed by atoms with Gasteiger partial charge in [0.25, 0.3) is 6.43 Å². The summed E-state index contributed by atoms with van der Waals surface area (Å²) in [5.41, 5.74) is 1.20. The molecule has 1 heterocycles. The summed E-state index contributed by atoms with van der Waals surface area (Å²) >= 11 is 0. The van der Waals surface area contributed by atoms with Crippen molar-refractivity contribution >= 4 is 5.97 Å². The molecule has 2 aromatic rings. The highest BCUT2D eigenvalue weighted by molar-refractivity contribution is 5.70. The molecule has 0 aliphatic heterocycles. The van der Waals surface area contributed by atoms with Crippen molar-refractivity contribution in [3.05, 3.63) is 36.7 Å². The zero-order valence-corrected chi connectivity index (χ0v) is 10.4. The largest absolute Gasteiger partial charge is 0.487 e. The highest BCUT2D eigenvalue weighted by Crippen LogP contribution is 2.29. The molecule has 20 heavy (non-hydrogen) atoms. The molecule has 0 fully saturated rings. The molecule has 0 aliphatic rings. The minimum absolute atomic E-state index is 0.264. The fraction of sp³-hybridized carbons (Fsp3) is 0.231. The lowest BCUT2D eigenvalue weighted by atomic mass is 10.1. The van der Waals surface area contributed by atoms with Crippen molar-refractivity contribution in [2.45, 2.75) is 13.0 Å². The van der Waals surface area contributed by atoms with Crippen LogP contribution in [0.4, 0.5) is 8.78 Å². The van der Waals surface area contributed by atoms with Crippen molar-refractivity contribution in [3.63, 3.8) is 0 Å². The molecule has 0 spiro atoms. The second-order valence-corrected chi connectivity index (χ2v) is 4.02. The number of aliphatic carboxylic acids is 1. The molecule has 2 rings (SSSR count). The van der Waals surface area contributed by atoms with Crippen LogP contribution in [0.5, 0.6) is 5.75 Å². The Balaban J connectivity index is 2.23. The summed E-state index contributed by atoms with van der Waals surface area (Å²) < 4.78 is 30.7. The zero-order valence-electron chi connectivity index (χ0n) is 10.4. The van der Waals surface area contributed by atoms with E-state index in [1.54, 1.807) is 24.3 Å². The quantitative estimate of drug-likeness (QED) is 0.882. The number of carboxylic acid groups (broad SMARTS) is 1. The number of aromatic nitrogens is 2. The molecule has 0 saturated carbocycles. The van der Waals surface area contributed by atoms with E-state index in [-0.39, 0.29) is 6.54 Å². The molecule has 0 unspecified atom stereocenters. The third kappa shape index (κ3) is 3.53. The SMILES string of the molecule is O=C(O)Cn1cc(-c2ccccc2OCC(F)F)cn1. The van der Waals surface area contributed by atoms with Gasteiger partial charge in [-0.1, -0.05) is 18.2 Å². The molecule has 0 aliphatic carbocycles. The van der Waals surface area contributed by atoms with Gasteiger partial charge in [0.15, 0.2) is 0 Å². The Bertz CT molecular complexity index is 599. The fourth-order valence-electron chi connectivity index (χ4n) is 1.71. The fourth-order valence-corrected chi connectivity index (χ4v) is 1.71. The minimum Gasteiger partial charge on any atom is -0.487 e. The number of carboxylic acids is 1. The van der Waals surface area contributed by atoms with Crippen LogP contribution in [0.15, 0.2) is 36.7 Å². The molecular formula is C13H12F2N2O3. The summed E-state index contributed by atoms with van der Waals surface area (Å²) in [6.45, 7) is -0.958. The number of benzene rings is 1. The number of hydrogen-bond acceptors (Lipinski definition) is 3. The minimum atomic E-state index is -2.56. The number of carbonyl (C=O) groups is 1. The van der Waals surface area contributed by atoms with E-state index in [2.05, 4.69) is 5.10 Å². The van der Waals surface area contributed by atoms with Gasteiger partial charge in [0, 0.05) is 17.3 Å². The van der Waals surface area contributed by atoms with E-state index >= 15 is 0 Å². The topological polar surface area (TPSA) is 64.3 Å². The van der Waals surface area contributed by atoms with Gasteiger partial charge in [0.05, 0.1) is 6.20 Å². The highest BCUT2D eigenvalue weighted by Gasteiger charge is 2.11. The van der Waals surface area contributed by atoms with Crippen LogP contribution in [0.2, 0.25) is 0 Å². The number of para-hydroxylation sites is 1. The predicted molar refractivity (Wildman–Crippen MR) is 66.8 cm³/mol. The molecule has 0 amide bonds. The molecule has 7 heteroatoms. The summed E-state index contributed by atoms with van der Waals surface area (Å²) in [7, 11) is 0. The van der Waals surface area contributed by atoms with E-state index in [1.807, 2.05) is 0 Å². The predicted octanol–water partition coefficient (Wildman–Crippen LogP) is 2.28. The maximum absolute atomic E-state index is 12.2. The second kappa shape index (κ2) is 6.14. The molecule has 0 bridgehead atoms. The molecule has 1 aromatic heterocycles. The van der Waals surface area contributed by atoms with Crippen molar-refractivity contribution in [2.75, 3.05) is 6.61 Å². The Kier molecular flexibility index (Phi) is 4.29. The lowest BCUT2D eigenvalue weighted by molar-refractivity contribution is -0.137. The molecule has 0 saturated heterocycles. The standard InChI is InChI=1S/C13H12F2N2O3/c14-12(15)8-20-11-4-2-1-3-10(11)9-5-16-17(6-9)7-13(18)19/h1-6,12H,7-8H2,(H,18,19). The molecule has 0 atom stereocenters. The van der Waals surface area contributed by atoms with E-state index < -0.39 is 19.0 Å². The lowest BCUT2D eigenvalue weighted by Gasteiger charge is -2.09. The van der Waals surface area contributed by atoms with Gasteiger partial charge in [-0.05, 0) is 6.07 Å². The summed E-state index contributed by atoms with van der Waals surface area (Å²) in [5, 5.41) is 12.6. The summed E-state index contributed by atoms with van der Waals surface area (Å²) in [4.78, 5) is 10.6. The first-order valence-corrected chi connectivity index (χ1v) is 5.81. The number of rotatable bonds is 6. The van der Waals surface area contributed by atoms with Gasteiger partial charge in [0.1, 0.15) is 18.9 Å². The first kappa shape index (κ1) is 14.0. The Labute approximate surface area is 113 Å². The third-order valence-electron chi connectivity index (χ3n) is 2.49. The number of alkyl halides is 2. The third-order valence-corrected chi connectivity index (χ3v) is 2.49. The zero-order chi connectivity index (χ0) is 14.5. The lowest BCUT2D eigenvalue weighted by Crippen LogP contribution is -2.08. The van der Waals surface area contributed by atoms with Gasteiger partial charge in [0.2, 0.25) is 0 Å². The molecule has 1 N–H and O–H groups in total. The average molecular weight is 282 g/mol. The summed E-state index contributed by atoms with van der Waals surface area (Å²) in [5.74, 6) is -0.704. The monoisotopic (exact) mass is 282 g/mol. The Morgan fingerprint density at radius 2 is 2.15 bits per heavy atom. The smallest absolute Gasteiger partial charge is 0.325 e. The highest BCUT2D eigenvalue weighted by atomic mass is 19.3. The first-order chi connectivity index (χ1) is 9.56. The maximum Gasteiger partial charge on any atom is 0.325 e. The van der Waals surface area contributed by atoms with Crippen LogP contribution in [0.1, 0.15) is 0 Å². The van der Waals surface area contributed by atoms with Crippen molar-refractivity contribution in [1.29, 1.82) is 0 Å². The van der Waals surface area contributed by atoms with E-state index in [0.29, 0.717) is 16.9 Å². The molecule has 5 nitrogen and oxygen atoms in total. The van der Waals surface area contributed by atoms with E-state index in [0.717, 1.165) is 0 Å². The van der Waals surface area contributed by atoms with Gasteiger partial charge in [-0.2, -0.15) is 5.10 Å². The van der Waals surface area contributed by atoms with E-state index in [4.69, 9.17) is 9.84 Å². The van der Waals surface area contributed by atoms with Gasteiger partial charge in [-0.15, -0.1) is 0 Å². The molecular weight excluding hydrogens is 270 g/mol. The van der Waals surface area contributed by atoms with Crippen molar-refractivity contribution in [2.24, 2.45) is 0 Å². The Hall–Kier alpha value is -2.44. The Morgan fingerprint density at radius 1 is 1.40 bits per heavy atom. The van der Waals surface area contributed by atoms with Crippen LogP contribution >= 0.6 is 0 Å². The molecule has 0 radical (unpaired) electrons. The van der Waals surface area contributed by atoms with Crippen molar-refractivity contribution < 1.29 is 23.4 Å². The van der Waals surface area contributed by atoms with E-state index in [1.165, 1.54) is 17.1 Å². The van der Waals surface area contributed by atoms with Gasteiger partial charge in [-0.25, -0.2) is 8.78 Å². The van der Waals surface area contributed by atoms with Crippen LogP contribution in [0.3, 0.4) is 0 Å². The van der Waals surface area contributed by atoms with Crippen molar-refractivity contribution in [1.82, 2.24) is 9.78 Å². The second-order valence-electron chi connectivity index (χ2n) is 4.02. The summed E-state index contributed by atoms with van der Waals surface area (Å²) in [6, 6.07) is 6.68. The Morgan fingerprint density at radius 3 is 2.85 bits per heavy atom. The van der Waals surface area contributed by atoms with Gasteiger partial charge < -0.3 is 9.84 Å². The van der Waals surface area contributed by atoms with Crippen LogP contribution in [-0.2, 0) is 11.3 Å². The summed E-state index contributed by atoms with van der Waals surface area (Å²) in [6.07, 6.45) is 0.435. The maximum atomic E-state index is 12.2. The number of hydrogen-bond donors (Lipinski definition) is 1. The number of nitrogens with zero attached hydrogens (tertiary/aromatic N) is 2. The number of ether oxygens (including phenoxy) is 1. The molecule has 1 aromatic carbocycles. The van der Waals surface area contributed by atoms with Crippen LogP contribution in [-0.4, -0.2) is 33.9 Å². The van der Waals surface area contributed by atoms with Crippen molar-refractivity contribution in [3.8, 4) is 16.9 Å². The normalized spacial score (nSPS) is 10.8. The molecule has 106 valence electrons.